The number of carbonyl (C=O) groups excluding carboxylic acids is 2. The van der Waals surface area contributed by atoms with Crippen molar-refractivity contribution in [1.29, 1.82) is 0 Å². The second-order valence-corrected chi connectivity index (χ2v) is 10.0. The van der Waals surface area contributed by atoms with E-state index in [-0.39, 0.29) is 25.3 Å². The van der Waals surface area contributed by atoms with Crippen molar-refractivity contribution in [2.45, 2.75) is 45.6 Å². The number of hydrogen-bond acceptors (Lipinski definition) is 5. The summed E-state index contributed by atoms with van der Waals surface area (Å²) in [5.74, 6) is -2.44. The Hall–Kier alpha value is -4.72. The summed E-state index contributed by atoms with van der Waals surface area (Å²) in [6, 6.07) is 24.1. The van der Waals surface area contributed by atoms with Gasteiger partial charge in [-0.05, 0) is 42.7 Å². The Balaban J connectivity index is 1.51. The molecule has 0 unspecified atom stereocenters. The van der Waals surface area contributed by atoms with E-state index in [1.165, 1.54) is 4.90 Å². The third-order valence-electron chi connectivity index (χ3n) is 7.20. The molecular formula is C34H31F2NO5. The molecule has 42 heavy (non-hydrogen) atoms. The summed E-state index contributed by atoms with van der Waals surface area (Å²) in [5.41, 5.74) is 4.01. The average Bonchev–Trinajstić information content (AvgIpc) is 3.00. The van der Waals surface area contributed by atoms with E-state index >= 15 is 0 Å². The number of halogens is 2. The maximum absolute atomic E-state index is 14.6. The first kappa shape index (κ1) is 28.8. The van der Waals surface area contributed by atoms with Gasteiger partial charge in [0.2, 0.25) is 6.10 Å². The van der Waals surface area contributed by atoms with Gasteiger partial charge < -0.3 is 19.1 Å². The van der Waals surface area contributed by atoms with E-state index in [0.717, 1.165) is 34.4 Å². The van der Waals surface area contributed by atoms with Crippen LogP contribution in [-0.2, 0) is 33.9 Å². The maximum atomic E-state index is 14.6. The molecule has 0 bridgehead atoms. The third-order valence-corrected chi connectivity index (χ3v) is 7.20. The zero-order valence-electron chi connectivity index (χ0n) is 23.4. The molecular weight excluding hydrogens is 540 g/mol. The molecule has 1 aliphatic rings. The largest absolute Gasteiger partial charge is 0.488 e. The van der Waals surface area contributed by atoms with Crippen LogP contribution in [0, 0.1) is 18.6 Å². The highest BCUT2D eigenvalue weighted by atomic mass is 19.1. The molecule has 0 aliphatic carbocycles. The van der Waals surface area contributed by atoms with Crippen molar-refractivity contribution < 1.29 is 32.6 Å². The normalized spacial score (nSPS) is 15.0. The summed E-state index contributed by atoms with van der Waals surface area (Å²) in [6.45, 7) is 4.20. The van der Waals surface area contributed by atoms with Crippen LogP contribution in [0.15, 0.2) is 91.0 Å². The van der Waals surface area contributed by atoms with Crippen LogP contribution in [-0.4, -0.2) is 29.4 Å². The van der Waals surface area contributed by atoms with Crippen LogP contribution in [0.3, 0.4) is 0 Å². The van der Waals surface area contributed by atoms with E-state index in [4.69, 9.17) is 14.2 Å². The highest BCUT2D eigenvalue weighted by Crippen LogP contribution is 2.37. The number of hydrogen-bond donors (Lipinski definition) is 0. The molecule has 8 heteroatoms. The predicted octanol–water partition coefficient (Wildman–Crippen LogP) is 6.49. The summed E-state index contributed by atoms with van der Waals surface area (Å²) in [5, 5.41) is 0. The minimum absolute atomic E-state index is 0.0816. The van der Waals surface area contributed by atoms with Crippen LogP contribution >= 0.6 is 0 Å². The standard InChI is InChI=1S/C34H31F2NO5/c1-3-40-34(39)29-19-27-25(15-14-22(2)31(27)41-21-23-10-6-4-7-11-23)20-37(29)33(38)32(24-12-8-5-9-13-24)42-30-17-16-26(35)18-28(30)36/h4-18,29,32H,3,19-21H2,1-2H3/t29-,32-/m0/s1. The second kappa shape index (κ2) is 12.9. The molecule has 1 amide bonds. The van der Waals surface area contributed by atoms with Crippen molar-refractivity contribution in [1.82, 2.24) is 4.90 Å². The lowest BCUT2D eigenvalue weighted by atomic mass is 9.90. The number of carbonyl (C=O) groups is 2. The molecule has 0 aromatic heterocycles. The van der Waals surface area contributed by atoms with Gasteiger partial charge in [-0.2, -0.15) is 0 Å². The fourth-order valence-corrected chi connectivity index (χ4v) is 5.10. The number of benzene rings is 4. The summed E-state index contributed by atoms with van der Waals surface area (Å²) >= 11 is 0. The quantitative estimate of drug-likeness (QED) is 0.215. The third kappa shape index (κ3) is 6.28. The number of rotatable bonds is 9. The van der Waals surface area contributed by atoms with Crippen molar-refractivity contribution in [2.75, 3.05) is 6.61 Å². The van der Waals surface area contributed by atoms with Crippen LogP contribution in [0.4, 0.5) is 8.78 Å². The molecule has 0 fully saturated rings. The molecule has 1 aliphatic heterocycles. The molecule has 6 nitrogen and oxygen atoms in total. The van der Waals surface area contributed by atoms with Gasteiger partial charge in [-0.3, -0.25) is 4.79 Å². The van der Waals surface area contributed by atoms with Crippen LogP contribution in [0.25, 0.3) is 0 Å². The lowest BCUT2D eigenvalue weighted by Gasteiger charge is -2.38. The lowest BCUT2D eigenvalue weighted by molar-refractivity contribution is -0.159. The molecule has 0 radical (unpaired) electrons. The van der Waals surface area contributed by atoms with Crippen LogP contribution in [0.5, 0.6) is 11.5 Å². The SMILES string of the molecule is CCOC(=O)[C@@H]1Cc2c(ccc(C)c2OCc2ccccc2)CN1C(=O)[C@@H](Oc1ccc(F)cc1F)c1ccccc1. The zero-order valence-corrected chi connectivity index (χ0v) is 23.4. The topological polar surface area (TPSA) is 65.1 Å². The number of ether oxygens (including phenoxy) is 3. The summed E-state index contributed by atoms with van der Waals surface area (Å²) in [4.78, 5) is 29.0. The number of amides is 1. The van der Waals surface area contributed by atoms with E-state index in [9.17, 15) is 18.4 Å². The Morgan fingerprint density at radius 2 is 1.67 bits per heavy atom. The summed E-state index contributed by atoms with van der Waals surface area (Å²) < 4.78 is 45.8. The van der Waals surface area contributed by atoms with Crippen LogP contribution < -0.4 is 9.47 Å². The summed E-state index contributed by atoms with van der Waals surface area (Å²) in [7, 11) is 0. The smallest absolute Gasteiger partial charge is 0.329 e. The average molecular weight is 572 g/mol. The first-order valence-electron chi connectivity index (χ1n) is 13.8. The number of fused-ring (bicyclic) bond motifs is 1. The number of esters is 1. The molecule has 0 spiro atoms. The highest BCUT2D eigenvalue weighted by Gasteiger charge is 2.41. The minimum Gasteiger partial charge on any atom is -0.488 e. The van der Waals surface area contributed by atoms with E-state index in [1.807, 2.05) is 49.4 Å². The van der Waals surface area contributed by atoms with Crippen molar-refractivity contribution in [2.24, 2.45) is 0 Å². The van der Waals surface area contributed by atoms with Crippen molar-refractivity contribution >= 4 is 11.9 Å². The molecule has 1 heterocycles. The summed E-state index contributed by atoms with van der Waals surface area (Å²) in [6.07, 6.45) is -1.14. The Morgan fingerprint density at radius 1 is 0.952 bits per heavy atom. The zero-order chi connectivity index (χ0) is 29.6. The van der Waals surface area contributed by atoms with Gasteiger partial charge in [-0.15, -0.1) is 0 Å². The van der Waals surface area contributed by atoms with Crippen molar-refractivity contribution in [3.63, 3.8) is 0 Å². The van der Waals surface area contributed by atoms with Gasteiger partial charge in [0.05, 0.1) is 6.61 Å². The Labute approximate surface area is 243 Å². The van der Waals surface area contributed by atoms with Crippen LogP contribution in [0.1, 0.15) is 40.8 Å². The molecule has 4 aromatic carbocycles. The molecule has 0 saturated carbocycles. The molecule has 5 rings (SSSR count). The minimum atomic E-state index is -1.30. The van der Waals surface area contributed by atoms with Gasteiger partial charge in [-0.1, -0.05) is 72.8 Å². The Morgan fingerprint density at radius 3 is 2.36 bits per heavy atom. The first-order chi connectivity index (χ1) is 20.4. The highest BCUT2D eigenvalue weighted by molar-refractivity contribution is 5.89. The molecule has 0 N–H and O–H groups in total. The van der Waals surface area contributed by atoms with E-state index in [2.05, 4.69) is 0 Å². The molecule has 216 valence electrons. The number of nitrogens with zero attached hydrogens (tertiary/aromatic N) is 1. The molecule has 4 aromatic rings. The van der Waals surface area contributed by atoms with Crippen molar-refractivity contribution in [3.05, 3.63) is 130 Å². The van der Waals surface area contributed by atoms with Gasteiger partial charge in [0, 0.05) is 30.2 Å². The van der Waals surface area contributed by atoms with Gasteiger partial charge >= 0.3 is 5.97 Å². The lowest BCUT2D eigenvalue weighted by Crippen LogP contribution is -2.51. The van der Waals surface area contributed by atoms with E-state index in [1.54, 1.807) is 37.3 Å². The fourth-order valence-electron chi connectivity index (χ4n) is 5.10. The number of aryl methyl sites for hydroxylation is 1. The second-order valence-electron chi connectivity index (χ2n) is 10.0. The van der Waals surface area contributed by atoms with E-state index < -0.39 is 35.7 Å². The van der Waals surface area contributed by atoms with Gasteiger partial charge in [0.25, 0.3) is 5.91 Å². The van der Waals surface area contributed by atoms with Crippen LogP contribution in [0.2, 0.25) is 0 Å². The van der Waals surface area contributed by atoms with E-state index in [0.29, 0.717) is 24.0 Å². The monoisotopic (exact) mass is 571 g/mol. The molecule has 2 atom stereocenters. The van der Waals surface area contributed by atoms with Gasteiger partial charge in [-0.25, -0.2) is 13.6 Å². The first-order valence-corrected chi connectivity index (χ1v) is 13.8. The van der Waals surface area contributed by atoms with Gasteiger partial charge in [0.1, 0.15) is 24.2 Å². The molecule has 0 saturated heterocycles. The van der Waals surface area contributed by atoms with Crippen molar-refractivity contribution in [3.8, 4) is 11.5 Å². The maximum Gasteiger partial charge on any atom is 0.329 e. The fraction of sp³-hybridized carbons (Fsp3) is 0.235. The predicted molar refractivity (Wildman–Crippen MR) is 153 cm³/mol. The Bertz CT molecular complexity index is 1560. The van der Waals surface area contributed by atoms with Gasteiger partial charge in [0.15, 0.2) is 11.6 Å². The Kier molecular flexibility index (Phi) is 8.81.